The number of aromatic amines is 1. The Balaban J connectivity index is 0.00000208. The van der Waals surface area contributed by atoms with Gasteiger partial charge in [-0.1, -0.05) is 55.5 Å². The lowest BCUT2D eigenvalue weighted by molar-refractivity contribution is -0.136. The summed E-state index contributed by atoms with van der Waals surface area (Å²) in [5.74, 6) is -7.72. The molecular formula is C50H75N17O10. The van der Waals surface area contributed by atoms with Gasteiger partial charge in [0.2, 0.25) is 59.1 Å². The van der Waals surface area contributed by atoms with E-state index >= 15 is 0 Å². The molecule has 77 heavy (non-hydrogen) atoms. The van der Waals surface area contributed by atoms with Gasteiger partial charge >= 0.3 is 0 Å². The van der Waals surface area contributed by atoms with Gasteiger partial charge in [-0.3, -0.25) is 57.9 Å². The first kappa shape index (κ1) is 62.5. The zero-order valence-corrected chi connectivity index (χ0v) is 43.7. The van der Waals surface area contributed by atoms with E-state index in [4.69, 9.17) is 28.7 Å². The lowest BCUT2D eigenvalue weighted by Gasteiger charge is -2.28. The maximum absolute atomic E-state index is 14.5. The minimum atomic E-state index is -1.59. The molecule has 1 aliphatic rings. The van der Waals surface area contributed by atoms with Gasteiger partial charge in [0.05, 0.1) is 13.0 Å². The number of primary amides is 1. The molecular weight excluding hydrogens is 999 g/mol. The Morgan fingerprint density at radius 2 is 1.22 bits per heavy atom. The number of nitrogens with two attached hydrogens (primary N) is 5. The van der Waals surface area contributed by atoms with E-state index in [-0.39, 0.29) is 82.9 Å². The third-order valence-electron chi connectivity index (χ3n) is 11.6. The fourth-order valence-corrected chi connectivity index (χ4v) is 7.73. The average molecular weight is 1070 g/mol. The summed E-state index contributed by atoms with van der Waals surface area (Å²) in [5, 5.41) is 24.0. The average Bonchev–Trinajstić information content (AvgIpc) is 3.79. The van der Waals surface area contributed by atoms with Crippen LogP contribution in [0.25, 0.3) is 10.9 Å². The van der Waals surface area contributed by atoms with Gasteiger partial charge in [0, 0.05) is 70.0 Å². The van der Waals surface area contributed by atoms with Gasteiger partial charge in [-0.05, 0) is 62.1 Å². The van der Waals surface area contributed by atoms with Gasteiger partial charge in [0.15, 0.2) is 11.9 Å². The minimum Gasteiger partial charge on any atom is -0.370 e. The first-order chi connectivity index (χ1) is 36.7. The van der Waals surface area contributed by atoms with Crippen molar-refractivity contribution >= 4 is 81.9 Å². The number of benzene rings is 2. The van der Waals surface area contributed by atoms with Crippen LogP contribution in [0, 0.1) is 0 Å². The number of H-pyrrole nitrogens is 1. The molecule has 0 radical (unpaired) electrons. The summed E-state index contributed by atoms with van der Waals surface area (Å²) >= 11 is 0. The number of carbonyl (C=O) groups excluding carboxylic acids is 10. The SMILES string of the molecule is CC(=O)NCC[C@@H]1NC(=O)C(NC(=O)CNC(C)=O)CC(=O)NCCCCC(C(N)=O)NC(=O)[C@H](Cc2c[nH]c3ccccc23)NC(=O)[C@H](CCCN=C(N)N)NC(=O)C(Cc2ccccc2)NC1=O.CCCN=C(N)N. The Morgan fingerprint density at radius 1 is 0.649 bits per heavy atom. The molecule has 420 valence electrons. The number of carbonyl (C=O) groups is 10. The third-order valence-corrected chi connectivity index (χ3v) is 11.6. The van der Waals surface area contributed by atoms with Crippen molar-refractivity contribution in [3.63, 3.8) is 0 Å². The predicted octanol–water partition coefficient (Wildman–Crippen LogP) is -3.58. The summed E-state index contributed by atoms with van der Waals surface area (Å²) in [5.41, 5.74) is 28.9. The zero-order chi connectivity index (χ0) is 56.9. The molecule has 3 aromatic rings. The predicted molar refractivity (Wildman–Crippen MR) is 287 cm³/mol. The summed E-state index contributed by atoms with van der Waals surface area (Å²) in [4.78, 5) is 145. The van der Waals surface area contributed by atoms with Crippen molar-refractivity contribution in [2.75, 3.05) is 32.7 Å². The molecule has 0 saturated carbocycles. The lowest BCUT2D eigenvalue weighted by atomic mass is 10.0. The number of rotatable bonds is 17. The molecule has 0 spiro atoms. The van der Waals surface area contributed by atoms with E-state index in [9.17, 15) is 47.9 Å². The van der Waals surface area contributed by atoms with Crippen LogP contribution >= 0.6 is 0 Å². The number of nitrogens with zero attached hydrogens (tertiary/aromatic N) is 2. The van der Waals surface area contributed by atoms with Crippen LogP contribution in [0.15, 0.2) is 70.8 Å². The van der Waals surface area contributed by atoms with E-state index in [1.165, 1.54) is 13.8 Å². The van der Waals surface area contributed by atoms with Crippen LogP contribution in [0.2, 0.25) is 0 Å². The van der Waals surface area contributed by atoms with Crippen molar-refractivity contribution in [3.8, 4) is 0 Å². The Kier molecular flexibility index (Phi) is 27.0. The second-order valence-corrected chi connectivity index (χ2v) is 18.1. The topological polar surface area (TPSA) is 450 Å². The van der Waals surface area contributed by atoms with Crippen LogP contribution in [0.3, 0.4) is 0 Å². The van der Waals surface area contributed by atoms with E-state index in [1.807, 2.05) is 31.2 Å². The summed E-state index contributed by atoms with van der Waals surface area (Å²) in [6.07, 6.45) is 2.28. The van der Waals surface area contributed by atoms with Crippen molar-refractivity contribution in [1.29, 1.82) is 0 Å². The van der Waals surface area contributed by atoms with Crippen molar-refractivity contribution in [1.82, 2.24) is 52.8 Å². The number of guanidine groups is 2. The van der Waals surface area contributed by atoms with E-state index < -0.39 is 108 Å². The van der Waals surface area contributed by atoms with Crippen LogP contribution in [-0.2, 0) is 60.8 Å². The normalized spacial score (nSPS) is 20.1. The minimum absolute atomic E-state index is 0.0296. The fourth-order valence-electron chi connectivity index (χ4n) is 7.73. The number of hydrogen-bond donors (Lipinski definition) is 15. The summed E-state index contributed by atoms with van der Waals surface area (Å²) in [6.45, 7) is 4.58. The van der Waals surface area contributed by atoms with Gasteiger partial charge in [-0.15, -0.1) is 0 Å². The standard InChI is InChI=1S/C46H64N14O10.C4H11N3/c1-26(61)50-20-17-34-42(67)59-35(21-28-11-4-3-5-12-28)43(68)57-33(16-10-19-52-46(48)49)41(66)60-36(22-29-24-54-31-14-7-6-13-30(29)31)44(69)56-32(40(47)65)15-8-9-18-51-38(63)23-37(45(70)58-34)55-39(64)25-53-27(2)62;1-2-3-7-4(5)6/h3-7,11-14,24,32-37,54H,8-10,15-23,25H2,1-2H3,(H2,47,65)(H,50,61)(H,51,63)(H,53,62)(H,55,64)(H,56,69)(H,57,68)(H,58,70)(H,59,67)(H,60,66)(H4,48,49,52);2-3H2,1H3,(H4,5,6,7)/t32?,33-,34-,35?,36-,37?;/m0./s1. The van der Waals surface area contributed by atoms with Crippen molar-refractivity contribution < 1.29 is 47.9 Å². The van der Waals surface area contributed by atoms with Gasteiger partial charge in [-0.25, -0.2) is 0 Å². The number of aliphatic imine (C=N–C) groups is 2. The third kappa shape index (κ3) is 24.0. The van der Waals surface area contributed by atoms with E-state index in [1.54, 1.807) is 36.5 Å². The second-order valence-electron chi connectivity index (χ2n) is 18.1. The maximum atomic E-state index is 14.5. The first-order valence-corrected chi connectivity index (χ1v) is 25.2. The van der Waals surface area contributed by atoms with Gasteiger partial charge in [-0.2, -0.15) is 0 Å². The lowest BCUT2D eigenvalue weighted by Crippen LogP contribution is -2.60. The second kappa shape index (κ2) is 33.2. The molecule has 2 heterocycles. The van der Waals surface area contributed by atoms with Crippen LogP contribution in [0.1, 0.15) is 83.3 Å². The molecule has 1 aromatic heterocycles. The van der Waals surface area contributed by atoms with E-state index in [0.717, 1.165) is 23.9 Å². The molecule has 3 unspecified atom stereocenters. The van der Waals surface area contributed by atoms with Gasteiger partial charge in [0.25, 0.3) is 0 Å². The van der Waals surface area contributed by atoms with Crippen molar-refractivity contribution in [2.45, 2.75) is 121 Å². The number of amides is 10. The van der Waals surface area contributed by atoms with Crippen molar-refractivity contribution in [3.05, 3.63) is 71.9 Å². The fraction of sp³-hybridized carbons (Fsp3) is 0.480. The molecule has 0 bridgehead atoms. The summed E-state index contributed by atoms with van der Waals surface area (Å²) in [7, 11) is 0. The highest BCUT2D eigenvalue weighted by Gasteiger charge is 2.34. The number of hydrogen-bond acceptors (Lipinski definition) is 12. The monoisotopic (exact) mass is 1070 g/mol. The van der Waals surface area contributed by atoms with E-state index in [2.05, 4.69) is 62.8 Å². The molecule has 27 heteroatoms. The molecule has 4 rings (SSSR count). The van der Waals surface area contributed by atoms with Gasteiger partial charge < -0.3 is 81.5 Å². The summed E-state index contributed by atoms with van der Waals surface area (Å²) in [6, 6.07) is 7.45. The van der Waals surface area contributed by atoms with E-state index in [0.29, 0.717) is 11.1 Å². The quantitative estimate of drug-likeness (QED) is 0.0354. The van der Waals surface area contributed by atoms with Crippen LogP contribution in [0.5, 0.6) is 0 Å². The van der Waals surface area contributed by atoms with Crippen LogP contribution in [-0.4, -0.2) is 145 Å². The molecule has 27 nitrogen and oxygen atoms in total. The highest BCUT2D eigenvalue weighted by molar-refractivity contribution is 5.98. The number of aromatic nitrogens is 1. The van der Waals surface area contributed by atoms with Gasteiger partial charge in [0.1, 0.15) is 36.3 Å². The molecule has 0 aliphatic carbocycles. The molecule has 1 saturated heterocycles. The largest absolute Gasteiger partial charge is 0.370 e. The molecule has 20 N–H and O–H groups in total. The molecule has 2 aromatic carbocycles. The number of nitrogens with one attached hydrogen (secondary N) is 10. The van der Waals surface area contributed by atoms with Crippen molar-refractivity contribution in [2.24, 2.45) is 38.7 Å². The molecule has 10 amide bonds. The maximum Gasteiger partial charge on any atom is 0.243 e. The highest BCUT2D eigenvalue weighted by Crippen LogP contribution is 2.20. The number of para-hydroxylation sites is 1. The molecule has 1 fully saturated rings. The van der Waals surface area contributed by atoms with Crippen LogP contribution in [0.4, 0.5) is 0 Å². The summed E-state index contributed by atoms with van der Waals surface area (Å²) < 4.78 is 0. The van der Waals surface area contributed by atoms with Crippen LogP contribution < -0.4 is 76.5 Å². The Bertz CT molecular complexity index is 2550. The Hall–Kier alpha value is -8.78. The first-order valence-electron chi connectivity index (χ1n) is 25.2. The Labute approximate surface area is 446 Å². The number of fused-ring (bicyclic) bond motifs is 1. The zero-order valence-electron chi connectivity index (χ0n) is 43.7. The molecule has 6 atom stereocenters. The Morgan fingerprint density at radius 3 is 1.84 bits per heavy atom. The highest BCUT2D eigenvalue weighted by atomic mass is 16.2. The molecule has 1 aliphatic heterocycles. The smallest absolute Gasteiger partial charge is 0.243 e.